The van der Waals surface area contributed by atoms with Gasteiger partial charge in [0.1, 0.15) is 0 Å². The standard InChI is InChI=1S/C25H28N6/c1-29(2)21-8-6-19(7-9-21)24-23-16-20(17-26-25(23)28-27-24)18-4-10-22(11-5-18)31-14-12-30(3)13-15-31/h4-11,16-17H,12-15H2,1-3H3,(H,26,27,28). The van der Waals surface area contributed by atoms with E-state index >= 15 is 0 Å². The molecule has 6 nitrogen and oxygen atoms in total. The van der Waals surface area contributed by atoms with E-state index in [4.69, 9.17) is 0 Å². The van der Waals surface area contributed by atoms with E-state index in [0.29, 0.717) is 0 Å². The maximum atomic E-state index is 4.60. The number of fused-ring (bicyclic) bond motifs is 1. The molecule has 1 aliphatic rings. The number of benzene rings is 2. The van der Waals surface area contributed by atoms with Crippen LogP contribution in [0.15, 0.2) is 60.8 Å². The predicted octanol–water partition coefficient (Wildman–Crippen LogP) is 4.11. The number of H-pyrrole nitrogens is 1. The highest BCUT2D eigenvalue weighted by atomic mass is 15.2. The highest BCUT2D eigenvalue weighted by Gasteiger charge is 2.15. The van der Waals surface area contributed by atoms with Gasteiger partial charge in [-0.25, -0.2) is 4.98 Å². The van der Waals surface area contributed by atoms with Crippen molar-refractivity contribution in [3.05, 3.63) is 60.8 Å². The van der Waals surface area contributed by atoms with Crippen molar-refractivity contribution in [3.63, 3.8) is 0 Å². The molecule has 0 aliphatic carbocycles. The lowest BCUT2D eigenvalue weighted by molar-refractivity contribution is 0.313. The second kappa shape index (κ2) is 8.04. The zero-order chi connectivity index (χ0) is 21.4. The van der Waals surface area contributed by atoms with Crippen molar-refractivity contribution in [2.75, 3.05) is 57.1 Å². The van der Waals surface area contributed by atoms with Crippen molar-refractivity contribution in [1.29, 1.82) is 0 Å². The van der Waals surface area contributed by atoms with Crippen molar-refractivity contribution in [2.45, 2.75) is 0 Å². The molecule has 0 saturated carbocycles. The molecule has 5 rings (SSSR count). The zero-order valence-electron chi connectivity index (χ0n) is 18.3. The Morgan fingerprint density at radius 3 is 2.19 bits per heavy atom. The van der Waals surface area contributed by atoms with Crippen molar-refractivity contribution in [1.82, 2.24) is 20.1 Å². The fourth-order valence-electron chi connectivity index (χ4n) is 4.13. The molecule has 0 radical (unpaired) electrons. The van der Waals surface area contributed by atoms with Gasteiger partial charge >= 0.3 is 0 Å². The minimum absolute atomic E-state index is 0.740. The first-order valence-electron chi connectivity index (χ1n) is 10.7. The smallest absolute Gasteiger partial charge is 0.181 e. The van der Waals surface area contributed by atoms with Crippen molar-refractivity contribution in [3.8, 4) is 22.4 Å². The molecular formula is C25H28N6. The summed E-state index contributed by atoms with van der Waals surface area (Å²) in [7, 11) is 6.28. The summed E-state index contributed by atoms with van der Waals surface area (Å²) in [5.74, 6) is 0. The Hall–Kier alpha value is -3.38. The Bertz CT molecular complexity index is 1170. The number of pyridine rings is 1. The zero-order valence-corrected chi connectivity index (χ0v) is 18.3. The SMILES string of the molecule is CN1CCN(c2ccc(-c3cnc4n[nH]c(-c5ccc(N(C)C)cc5)c4c3)cc2)CC1. The third kappa shape index (κ3) is 3.86. The van der Waals surface area contributed by atoms with E-state index in [1.807, 2.05) is 20.3 Å². The summed E-state index contributed by atoms with van der Waals surface area (Å²) < 4.78 is 0. The third-order valence-corrected chi connectivity index (χ3v) is 6.15. The lowest BCUT2D eigenvalue weighted by Gasteiger charge is -2.34. The largest absolute Gasteiger partial charge is 0.378 e. The minimum Gasteiger partial charge on any atom is -0.378 e. The van der Waals surface area contributed by atoms with Gasteiger partial charge in [-0.1, -0.05) is 24.3 Å². The van der Waals surface area contributed by atoms with E-state index in [1.165, 1.54) is 16.9 Å². The van der Waals surface area contributed by atoms with Crippen LogP contribution in [-0.2, 0) is 0 Å². The number of likely N-dealkylation sites (N-methyl/N-ethyl adjacent to an activating group) is 1. The molecule has 1 fully saturated rings. The van der Waals surface area contributed by atoms with Gasteiger partial charge in [-0.2, -0.15) is 5.10 Å². The second-order valence-electron chi connectivity index (χ2n) is 8.47. The summed E-state index contributed by atoms with van der Waals surface area (Å²) in [5.41, 5.74) is 7.58. The molecule has 2 aromatic carbocycles. The molecule has 0 amide bonds. The quantitative estimate of drug-likeness (QED) is 0.547. The average molecular weight is 413 g/mol. The molecule has 1 saturated heterocycles. The van der Waals surface area contributed by atoms with E-state index in [9.17, 15) is 0 Å². The fraction of sp³-hybridized carbons (Fsp3) is 0.280. The number of hydrogen-bond donors (Lipinski definition) is 1. The molecule has 0 atom stereocenters. The fourth-order valence-corrected chi connectivity index (χ4v) is 4.13. The van der Waals surface area contributed by atoms with Gasteiger partial charge in [0.05, 0.1) is 5.69 Å². The summed E-state index contributed by atoms with van der Waals surface area (Å²) in [4.78, 5) is 11.5. The molecule has 2 aromatic heterocycles. The van der Waals surface area contributed by atoms with Gasteiger partial charge < -0.3 is 14.7 Å². The number of nitrogens with one attached hydrogen (secondary N) is 1. The van der Waals surface area contributed by atoms with Crippen LogP contribution < -0.4 is 9.80 Å². The summed E-state index contributed by atoms with van der Waals surface area (Å²) in [6, 6.07) is 19.5. The van der Waals surface area contributed by atoms with Gasteiger partial charge in [-0.15, -0.1) is 0 Å². The molecule has 158 valence electrons. The Morgan fingerprint density at radius 2 is 1.52 bits per heavy atom. The van der Waals surface area contributed by atoms with Crippen LogP contribution in [0.25, 0.3) is 33.4 Å². The Kier molecular flexibility index (Phi) is 5.08. The van der Waals surface area contributed by atoms with Gasteiger partial charge in [-0.3, -0.25) is 5.10 Å². The first kappa shape index (κ1) is 19.6. The third-order valence-electron chi connectivity index (χ3n) is 6.15. The van der Waals surface area contributed by atoms with Crippen molar-refractivity contribution >= 4 is 22.4 Å². The maximum Gasteiger partial charge on any atom is 0.181 e. The molecule has 1 aliphatic heterocycles. The minimum atomic E-state index is 0.740. The van der Waals surface area contributed by atoms with Crippen LogP contribution in [0.4, 0.5) is 11.4 Å². The molecule has 6 heteroatoms. The molecule has 1 N–H and O–H groups in total. The molecular weight excluding hydrogens is 384 g/mol. The van der Waals surface area contributed by atoms with Gasteiger partial charge in [-0.05, 0) is 42.9 Å². The summed E-state index contributed by atoms with van der Waals surface area (Å²) in [6.45, 7) is 4.38. The van der Waals surface area contributed by atoms with E-state index in [-0.39, 0.29) is 0 Å². The molecule has 0 unspecified atom stereocenters. The van der Waals surface area contributed by atoms with Crippen LogP contribution >= 0.6 is 0 Å². The number of nitrogens with zero attached hydrogens (tertiary/aromatic N) is 5. The topological polar surface area (TPSA) is 51.3 Å². The van der Waals surface area contributed by atoms with Gasteiger partial charge in [0, 0.05) is 74.4 Å². The number of aromatic amines is 1. The lowest BCUT2D eigenvalue weighted by atomic mass is 10.0. The van der Waals surface area contributed by atoms with Crippen molar-refractivity contribution in [2.24, 2.45) is 0 Å². The Morgan fingerprint density at radius 1 is 0.839 bits per heavy atom. The van der Waals surface area contributed by atoms with Gasteiger partial charge in [0.25, 0.3) is 0 Å². The van der Waals surface area contributed by atoms with Crippen LogP contribution in [0.3, 0.4) is 0 Å². The number of piperazine rings is 1. The van der Waals surface area contributed by atoms with Crippen LogP contribution in [0.2, 0.25) is 0 Å². The summed E-state index contributed by atoms with van der Waals surface area (Å²) in [5, 5.41) is 8.63. The highest BCUT2D eigenvalue weighted by Crippen LogP contribution is 2.31. The van der Waals surface area contributed by atoms with Crippen molar-refractivity contribution < 1.29 is 0 Å². The monoisotopic (exact) mass is 412 g/mol. The van der Waals surface area contributed by atoms with E-state index in [2.05, 4.69) is 91.5 Å². The lowest BCUT2D eigenvalue weighted by Crippen LogP contribution is -2.44. The number of anilines is 2. The molecule has 3 heterocycles. The Labute approximate surface area is 183 Å². The van der Waals surface area contributed by atoms with Gasteiger partial charge in [0.15, 0.2) is 5.65 Å². The van der Waals surface area contributed by atoms with Crippen LogP contribution in [0, 0.1) is 0 Å². The van der Waals surface area contributed by atoms with E-state index in [0.717, 1.165) is 54.0 Å². The number of rotatable bonds is 4. The first-order valence-corrected chi connectivity index (χ1v) is 10.7. The van der Waals surface area contributed by atoms with E-state index < -0.39 is 0 Å². The summed E-state index contributed by atoms with van der Waals surface area (Å²) >= 11 is 0. The molecule has 0 spiro atoms. The second-order valence-corrected chi connectivity index (χ2v) is 8.47. The molecule has 4 aromatic rings. The highest BCUT2D eigenvalue weighted by molar-refractivity contribution is 5.93. The molecule has 0 bridgehead atoms. The average Bonchev–Trinajstić information content (AvgIpc) is 3.23. The van der Waals surface area contributed by atoms with Crippen LogP contribution in [-0.4, -0.2) is 67.4 Å². The normalized spacial score (nSPS) is 14.9. The predicted molar refractivity (Wildman–Crippen MR) is 129 cm³/mol. The number of hydrogen-bond acceptors (Lipinski definition) is 5. The van der Waals surface area contributed by atoms with Crippen LogP contribution in [0.1, 0.15) is 0 Å². The van der Waals surface area contributed by atoms with E-state index in [1.54, 1.807) is 0 Å². The molecule has 31 heavy (non-hydrogen) atoms. The van der Waals surface area contributed by atoms with Gasteiger partial charge in [0.2, 0.25) is 0 Å². The number of aromatic nitrogens is 3. The Balaban J connectivity index is 1.44. The summed E-state index contributed by atoms with van der Waals surface area (Å²) in [6.07, 6.45) is 1.91. The first-order chi connectivity index (χ1) is 15.1. The van der Waals surface area contributed by atoms with Crippen LogP contribution in [0.5, 0.6) is 0 Å². The maximum absolute atomic E-state index is 4.60.